The maximum absolute atomic E-state index is 11.9. The molecule has 0 aliphatic rings. The van der Waals surface area contributed by atoms with Gasteiger partial charge in [0.1, 0.15) is 11.4 Å². The van der Waals surface area contributed by atoms with E-state index in [0.29, 0.717) is 12.2 Å². The fourth-order valence-corrected chi connectivity index (χ4v) is 2.01. The Labute approximate surface area is 103 Å². The lowest BCUT2D eigenvalue weighted by Crippen LogP contribution is -2.26. The second kappa shape index (κ2) is 4.97. The van der Waals surface area contributed by atoms with Crippen LogP contribution in [0.4, 0.5) is 0 Å². The van der Waals surface area contributed by atoms with Crippen LogP contribution < -0.4 is 0 Å². The Morgan fingerprint density at radius 2 is 2.24 bits per heavy atom. The number of aromatic nitrogens is 1. The molecule has 0 radical (unpaired) electrons. The third-order valence-corrected chi connectivity index (χ3v) is 2.98. The van der Waals surface area contributed by atoms with Gasteiger partial charge in [-0.3, -0.25) is 4.79 Å². The molecule has 0 bridgehead atoms. The molecule has 5 heteroatoms. The van der Waals surface area contributed by atoms with E-state index in [4.69, 9.17) is 0 Å². The molecule has 17 heavy (non-hydrogen) atoms. The van der Waals surface area contributed by atoms with Gasteiger partial charge in [-0.25, -0.2) is 4.98 Å². The number of carbonyl (C=O) groups excluding carboxylic acids is 1. The first-order chi connectivity index (χ1) is 8.18. The fourth-order valence-electron chi connectivity index (χ4n) is 1.49. The number of nitrogens with zero attached hydrogens (tertiary/aromatic N) is 2. The molecule has 4 nitrogen and oxygen atoms in total. The van der Waals surface area contributed by atoms with Crippen molar-refractivity contribution in [2.24, 2.45) is 0 Å². The van der Waals surface area contributed by atoms with Gasteiger partial charge in [0.15, 0.2) is 0 Å². The lowest BCUT2D eigenvalue weighted by Gasteiger charge is -2.16. The Morgan fingerprint density at radius 3 is 2.88 bits per heavy atom. The first-order valence-electron chi connectivity index (χ1n) is 5.09. The van der Waals surface area contributed by atoms with Crippen molar-refractivity contribution in [3.05, 3.63) is 46.4 Å². The number of benzene rings is 1. The normalized spacial score (nSPS) is 10.2. The monoisotopic (exact) mass is 248 g/mol. The van der Waals surface area contributed by atoms with E-state index >= 15 is 0 Å². The predicted molar refractivity (Wildman–Crippen MR) is 66.0 cm³/mol. The second-order valence-electron chi connectivity index (χ2n) is 3.66. The quantitative estimate of drug-likeness (QED) is 0.905. The van der Waals surface area contributed by atoms with Gasteiger partial charge in [-0.1, -0.05) is 18.2 Å². The Kier molecular flexibility index (Phi) is 3.39. The Balaban J connectivity index is 2.10. The van der Waals surface area contributed by atoms with Crippen molar-refractivity contribution < 1.29 is 9.90 Å². The van der Waals surface area contributed by atoms with Gasteiger partial charge in [-0.2, -0.15) is 0 Å². The van der Waals surface area contributed by atoms with E-state index in [1.54, 1.807) is 36.1 Å². The number of para-hydroxylation sites is 1. The smallest absolute Gasteiger partial charge is 0.273 e. The maximum Gasteiger partial charge on any atom is 0.273 e. The Bertz CT molecular complexity index is 511. The van der Waals surface area contributed by atoms with Crippen LogP contribution in [0.25, 0.3) is 0 Å². The van der Waals surface area contributed by atoms with Gasteiger partial charge in [-0.05, 0) is 6.07 Å². The molecule has 1 amide bonds. The van der Waals surface area contributed by atoms with E-state index in [1.807, 2.05) is 6.07 Å². The van der Waals surface area contributed by atoms with Crippen molar-refractivity contribution in [3.8, 4) is 5.75 Å². The SMILES string of the molecule is CN(Cc1ccccc1O)C(=O)c1cscn1. The minimum atomic E-state index is -0.144. The summed E-state index contributed by atoms with van der Waals surface area (Å²) in [5.41, 5.74) is 2.78. The van der Waals surface area contributed by atoms with Crippen LogP contribution in [-0.2, 0) is 6.54 Å². The molecule has 88 valence electrons. The predicted octanol–water partition coefficient (Wildman–Crippen LogP) is 2.12. The molecule has 0 atom stereocenters. The van der Waals surface area contributed by atoms with Gasteiger partial charge in [0.2, 0.25) is 0 Å². The number of phenolic OH excluding ortho intramolecular Hbond substituents is 1. The third kappa shape index (κ3) is 2.62. The van der Waals surface area contributed by atoms with Crippen molar-refractivity contribution >= 4 is 17.2 Å². The standard InChI is InChI=1S/C12H12N2O2S/c1-14(12(16)10-7-17-8-13-10)6-9-4-2-3-5-11(9)15/h2-5,7-8,15H,6H2,1H3. The fraction of sp³-hybridized carbons (Fsp3) is 0.167. The molecule has 1 aromatic carbocycles. The molecular formula is C12H12N2O2S. The molecule has 0 fully saturated rings. The van der Waals surface area contributed by atoms with Crippen molar-refractivity contribution in [1.29, 1.82) is 0 Å². The van der Waals surface area contributed by atoms with Crippen molar-refractivity contribution in [2.75, 3.05) is 7.05 Å². The van der Waals surface area contributed by atoms with Gasteiger partial charge < -0.3 is 10.0 Å². The van der Waals surface area contributed by atoms with Crippen molar-refractivity contribution in [2.45, 2.75) is 6.54 Å². The van der Waals surface area contributed by atoms with E-state index < -0.39 is 0 Å². The molecular weight excluding hydrogens is 236 g/mol. The molecule has 1 aromatic heterocycles. The highest BCUT2D eigenvalue weighted by Crippen LogP contribution is 2.18. The molecule has 1 heterocycles. The topological polar surface area (TPSA) is 53.4 Å². The van der Waals surface area contributed by atoms with Crippen LogP contribution in [0, 0.1) is 0 Å². The van der Waals surface area contributed by atoms with E-state index in [-0.39, 0.29) is 11.7 Å². The lowest BCUT2D eigenvalue weighted by atomic mass is 10.2. The third-order valence-electron chi connectivity index (χ3n) is 2.40. The van der Waals surface area contributed by atoms with E-state index in [1.165, 1.54) is 16.2 Å². The maximum atomic E-state index is 11.9. The van der Waals surface area contributed by atoms with E-state index in [0.717, 1.165) is 5.56 Å². The number of phenols is 1. The summed E-state index contributed by atoms with van der Waals surface area (Å²) in [6, 6.07) is 6.98. The summed E-state index contributed by atoms with van der Waals surface area (Å²) in [5, 5.41) is 11.3. The van der Waals surface area contributed by atoms with E-state index in [2.05, 4.69) is 4.98 Å². The lowest BCUT2D eigenvalue weighted by molar-refractivity contribution is 0.0779. The Hall–Kier alpha value is -1.88. The van der Waals surface area contributed by atoms with Crippen LogP contribution in [0.2, 0.25) is 0 Å². The number of carbonyl (C=O) groups is 1. The summed E-state index contributed by atoms with van der Waals surface area (Å²) in [7, 11) is 1.69. The van der Waals surface area contributed by atoms with Crippen LogP contribution >= 0.6 is 11.3 Å². The molecule has 2 rings (SSSR count). The number of hydrogen-bond donors (Lipinski definition) is 1. The van der Waals surface area contributed by atoms with Gasteiger partial charge in [0.05, 0.1) is 5.51 Å². The summed E-state index contributed by atoms with van der Waals surface area (Å²) in [4.78, 5) is 17.4. The molecule has 0 spiro atoms. The van der Waals surface area contributed by atoms with Crippen molar-refractivity contribution in [1.82, 2.24) is 9.88 Å². The number of rotatable bonds is 3. The number of thiazole rings is 1. The average Bonchev–Trinajstić information content (AvgIpc) is 2.84. The summed E-state index contributed by atoms with van der Waals surface area (Å²) in [5.74, 6) is 0.0555. The summed E-state index contributed by atoms with van der Waals surface area (Å²) < 4.78 is 0. The molecule has 0 aliphatic heterocycles. The van der Waals surface area contributed by atoms with Crippen LogP contribution in [0.1, 0.15) is 16.1 Å². The van der Waals surface area contributed by atoms with Gasteiger partial charge in [0.25, 0.3) is 5.91 Å². The van der Waals surface area contributed by atoms with Crippen LogP contribution in [0.15, 0.2) is 35.2 Å². The van der Waals surface area contributed by atoms with Crippen LogP contribution in [-0.4, -0.2) is 27.9 Å². The van der Waals surface area contributed by atoms with Gasteiger partial charge >= 0.3 is 0 Å². The molecule has 0 unspecified atom stereocenters. The minimum absolute atomic E-state index is 0.144. The first kappa shape index (κ1) is 11.6. The highest BCUT2D eigenvalue weighted by molar-refractivity contribution is 7.07. The number of amides is 1. The second-order valence-corrected chi connectivity index (χ2v) is 4.38. The molecule has 2 aromatic rings. The van der Waals surface area contributed by atoms with Gasteiger partial charge in [-0.15, -0.1) is 11.3 Å². The molecule has 0 aliphatic carbocycles. The van der Waals surface area contributed by atoms with Gasteiger partial charge in [0, 0.05) is 24.5 Å². The largest absolute Gasteiger partial charge is 0.508 e. The first-order valence-corrected chi connectivity index (χ1v) is 6.03. The average molecular weight is 248 g/mol. The molecule has 1 N–H and O–H groups in total. The van der Waals surface area contributed by atoms with Crippen molar-refractivity contribution in [3.63, 3.8) is 0 Å². The highest BCUT2D eigenvalue weighted by Gasteiger charge is 2.14. The van der Waals surface area contributed by atoms with Crippen LogP contribution in [0.3, 0.4) is 0 Å². The summed E-state index contributed by atoms with van der Waals surface area (Å²) in [6.07, 6.45) is 0. The number of aromatic hydroxyl groups is 1. The zero-order valence-corrected chi connectivity index (χ0v) is 10.1. The van der Waals surface area contributed by atoms with E-state index in [9.17, 15) is 9.90 Å². The zero-order valence-electron chi connectivity index (χ0n) is 9.33. The summed E-state index contributed by atoms with van der Waals surface area (Å²) >= 11 is 1.39. The highest BCUT2D eigenvalue weighted by atomic mass is 32.1. The number of hydrogen-bond acceptors (Lipinski definition) is 4. The van der Waals surface area contributed by atoms with Crippen LogP contribution in [0.5, 0.6) is 5.75 Å². The Morgan fingerprint density at radius 1 is 1.47 bits per heavy atom. The minimum Gasteiger partial charge on any atom is -0.508 e. The summed E-state index contributed by atoms with van der Waals surface area (Å²) in [6.45, 7) is 0.364. The molecule has 0 saturated heterocycles. The zero-order chi connectivity index (χ0) is 12.3. The molecule has 0 saturated carbocycles.